The Bertz CT molecular complexity index is 806. The first kappa shape index (κ1) is 16.8. The Morgan fingerprint density at radius 2 is 1.96 bits per heavy atom. The van der Waals surface area contributed by atoms with Crippen LogP contribution in [0.4, 0.5) is 11.5 Å². The molecular formula is C13H12ClN5O3S. The first-order valence-electron chi connectivity index (χ1n) is 6.24. The number of thioether (sulfide) groups is 1. The van der Waals surface area contributed by atoms with Crippen molar-refractivity contribution in [1.82, 2.24) is 9.97 Å². The van der Waals surface area contributed by atoms with Gasteiger partial charge in [-0.3, -0.25) is 19.4 Å². The quantitative estimate of drug-likeness (QED) is 0.463. The first-order chi connectivity index (χ1) is 10.9. The fraction of sp³-hybridized carbons (Fsp3) is 0.0769. The van der Waals surface area contributed by atoms with E-state index in [1.54, 1.807) is 12.1 Å². The van der Waals surface area contributed by atoms with Crippen LogP contribution >= 0.6 is 23.4 Å². The highest BCUT2D eigenvalue weighted by atomic mass is 35.5. The van der Waals surface area contributed by atoms with Gasteiger partial charge in [0.25, 0.3) is 11.5 Å². The normalized spacial score (nSPS) is 10.3. The second-order valence-corrected chi connectivity index (χ2v) is 5.75. The molecule has 23 heavy (non-hydrogen) atoms. The number of carbonyl (C=O) groups excluding carboxylic acids is 2. The molecule has 1 heterocycles. The molecule has 6 N–H and O–H groups in total. The second kappa shape index (κ2) is 7.16. The molecule has 0 unspecified atom stereocenters. The number of rotatable bonds is 5. The summed E-state index contributed by atoms with van der Waals surface area (Å²) in [4.78, 5) is 41.1. The highest BCUT2D eigenvalue weighted by molar-refractivity contribution is 7.99. The van der Waals surface area contributed by atoms with Crippen LogP contribution in [-0.4, -0.2) is 27.5 Å². The monoisotopic (exact) mass is 353 g/mol. The zero-order valence-corrected chi connectivity index (χ0v) is 13.2. The molecule has 2 amide bonds. The van der Waals surface area contributed by atoms with Gasteiger partial charge in [-0.05, 0) is 24.3 Å². The number of nitrogen functional groups attached to an aromatic ring is 1. The third kappa shape index (κ3) is 4.47. The molecule has 2 rings (SSSR count). The summed E-state index contributed by atoms with van der Waals surface area (Å²) in [6.07, 6.45) is 0. The van der Waals surface area contributed by atoms with Crippen LogP contribution in [0, 0.1) is 0 Å². The molecule has 2 aromatic rings. The van der Waals surface area contributed by atoms with E-state index in [0.29, 0.717) is 10.6 Å². The number of nitrogens with two attached hydrogens (primary N) is 2. The van der Waals surface area contributed by atoms with E-state index in [0.717, 1.165) is 11.8 Å². The molecule has 0 atom stereocenters. The van der Waals surface area contributed by atoms with Crippen molar-refractivity contribution in [2.75, 3.05) is 16.8 Å². The number of aromatic nitrogens is 2. The average molecular weight is 354 g/mol. The Balaban J connectivity index is 2.20. The zero-order valence-electron chi connectivity index (χ0n) is 11.6. The van der Waals surface area contributed by atoms with Crippen LogP contribution < -0.4 is 22.3 Å². The predicted octanol–water partition coefficient (Wildman–Crippen LogP) is 0.835. The van der Waals surface area contributed by atoms with Crippen LogP contribution in [0.15, 0.2) is 34.2 Å². The Hall–Kier alpha value is -2.52. The molecule has 0 aliphatic carbocycles. The van der Waals surface area contributed by atoms with Gasteiger partial charge in [0.15, 0.2) is 11.0 Å². The van der Waals surface area contributed by atoms with Gasteiger partial charge in [0.05, 0.1) is 5.75 Å². The lowest BCUT2D eigenvalue weighted by atomic mass is 10.2. The fourth-order valence-corrected chi connectivity index (χ4v) is 2.32. The average Bonchev–Trinajstić information content (AvgIpc) is 2.49. The van der Waals surface area contributed by atoms with Crippen LogP contribution in [0.3, 0.4) is 0 Å². The van der Waals surface area contributed by atoms with Crippen LogP contribution in [0.2, 0.25) is 5.02 Å². The van der Waals surface area contributed by atoms with E-state index in [4.69, 9.17) is 23.1 Å². The molecule has 0 radical (unpaired) electrons. The summed E-state index contributed by atoms with van der Waals surface area (Å²) in [5.41, 5.74) is 10.2. The molecule has 120 valence electrons. The smallest absolute Gasteiger partial charge is 0.277 e. The maximum Gasteiger partial charge on any atom is 0.277 e. The molecular weight excluding hydrogens is 342 g/mol. The number of anilines is 2. The zero-order chi connectivity index (χ0) is 17.0. The third-order valence-corrected chi connectivity index (χ3v) is 3.77. The number of H-pyrrole nitrogens is 1. The largest absolute Gasteiger partial charge is 0.382 e. The van der Waals surface area contributed by atoms with E-state index in [1.165, 1.54) is 12.1 Å². The summed E-state index contributed by atoms with van der Waals surface area (Å²) in [5, 5.41) is 3.01. The summed E-state index contributed by atoms with van der Waals surface area (Å²) >= 11 is 6.68. The number of halogens is 1. The number of carbonyl (C=O) groups is 2. The van der Waals surface area contributed by atoms with E-state index in [9.17, 15) is 14.4 Å². The van der Waals surface area contributed by atoms with Gasteiger partial charge in [-0.25, -0.2) is 4.98 Å². The van der Waals surface area contributed by atoms with Crippen molar-refractivity contribution in [3.63, 3.8) is 0 Å². The molecule has 1 aromatic carbocycles. The van der Waals surface area contributed by atoms with Crippen molar-refractivity contribution in [3.8, 4) is 0 Å². The van der Waals surface area contributed by atoms with Crippen molar-refractivity contribution < 1.29 is 9.59 Å². The minimum absolute atomic E-state index is 0.0567. The van der Waals surface area contributed by atoms with Gasteiger partial charge in [-0.15, -0.1) is 0 Å². The van der Waals surface area contributed by atoms with E-state index in [1.807, 2.05) is 0 Å². The van der Waals surface area contributed by atoms with E-state index >= 15 is 0 Å². The Morgan fingerprint density at radius 3 is 2.52 bits per heavy atom. The molecule has 0 saturated carbocycles. The fourth-order valence-electron chi connectivity index (χ4n) is 1.58. The molecule has 0 saturated heterocycles. The van der Waals surface area contributed by atoms with E-state index in [2.05, 4.69) is 15.3 Å². The number of primary amides is 1. The van der Waals surface area contributed by atoms with Crippen LogP contribution in [-0.2, 0) is 4.79 Å². The van der Waals surface area contributed by atoms with Gasteiger partial charge in [0.2, 0.25) is 5.91 Å². The minimum atomic E-state index is -0.633. The number of hydrogen-bond acceptors (Lipinski definition) is 6. The van der Waals surface area contributed by atoms with E-state index in [-0.39, 0.29) is 22.4 Å². The number of aromatic amines is 1. The molecule has 0 bridgehead atoms. The van der Waals surface area contributed by atoms with Gasteiger partial charge in [0, 0.05) is 10.6 Å². The molecule has 0 fully saturated rings. The molecule has 1 aromatic heterocycles. The lowest BCUT2D eigenvalue weighted by molar-refractivity contribution is -0.115. The number of benzene rings is 1. The molecule has 10 heteroatoms. The Kier molecular flexibility index (Phi) is 5.24. The summed E-state index contributed by atoms with van der Waals surface area (Å²) in [6.45, 7) is 0. The highest BCUT2D eigenvalue weighted by Gasteiger charge is 2.14. The highest BCUT2D eigenvalue weighted by Crippen LogP contribution is 2.17. The van der Waals surface area contributed by atoms with Crippen LogP contribution in [0.1, 0.15) is 10.4 Å². The minimum Gasteiger partial charge on any atom is -0.382 e. The van der Waals surface area contributed by atoms with Gasteiger partial charge in [-0.1, -0.05) is 23.4 Å². The summed E-state index contributed by atoms with van der Waals surface area (Å²) in [6, 6.07) is 6.11. The number of amides is 2. The topological polar surface area (TPSA) is 144 Å². The van der Waals surface area contributed by atoms with Crippen molar-refractivity contribution in [3.05, 3.63) is 45.2 Å². The van der Waals surface area contributed by atoms with Crippen LogP contribution in [0.5, 0.6) is 0 Å². The van der Waals surface area contributed by atoms with Crippen molar-refractivity contribution in [1.29, 1.82) is 0 Å². The predicted molar refractivity (Wildman–Crippen MR) is 88.6 cm³/mol. The Morgan fingerprint density at radius 1 is 1.30 bits per heavy atom. The van der Waals surface area contributed by atoms with Crippen molar-refractivity contribution in [2.24, 2.45) is 5.73 Å². The molecule has 8 nitrogen and oxygen atoms in total. The van der Waals surface area contributed by atoms with Gasteiger partial charge in [-0.2, -0.15) is 0 Å². The number of hydrogen-bond donors (Lipinski definition) is 4. The number of nitrogens with one attached hydrogen (secondary N) is 2. The first-order valence-corrected chi connectivity index (χ1v) is 7.61. The second-order valence-electron chi connectivity index (χ2n) is 4.35. The van der Waals surface area contributed by atoms with Gasteiger partial charge < -0.3 is 16.8 Å². The standard InChI is InChI=1S/C13H12ClN5O3S/c14-7-3-1-6(2-4-7)11(21)17-9-10(16)18-13(19-12(9)22)23-5-8(15)20/h1-4H,5H2,(H2,15,20)(H,17,21)(H3,16,18,19,22). The van der Waals surface area contributed by atoms with Crippen LogP contribution in [0.25, 0.3) is 0 Å². The van der Waals surface area contributed by atoms with E-state index < -0.39 is 17.4 Å². The maximum absolute atomic E-state index is 12.1. The lowest BCUT2D eigenvalue weighted by Gasteiger charge is -2.08. The summed E-state index contributed by atoms with van der Waals surface area (Å²) in [5.74, 6) is -1.31. The van der Waals surface area contributed by atoms with Gasteiger partial charge >= 0.3 is 0 Å². The van der Waals surface area contributed by atoms with Gasteiger partial charge in [0.1, 0.15) is 5.69 Å². The maximum atomic E-state index is 12.1. The molecule has 0 aliphatic rings. The third-order valence-electron chi connectivity index (χ3n) is 2.62. The Labute approximate surface area is 139 Å². The molecule has 0 spiro atoms. The lowest BCUT2D eigenvalue weighted by Crippen LogP contribution is -2.23. The SMILES string of the molecule is NC(=O)CSc1nc(N)c(NC(=O)c2ccc(Cl)cc2)c(=O)[nH]1. The van der Waals surface area contributed by atoms with Crippen molar-refractivity contribution in [2.45, 2.75) is 5.16 Å². The summed E-state index contributed by atoms with van der Waals surface area (Å²) in [7, 11) is 0. The summed E-state index contributed by atoms with van der Waals surface area (Å²) < 4.78 is 0. The molecule has 0 aliphatic heterocycles. The van der Waals surface area contributed by atoms with Crippen molar-refractivity contribution >= 4 is 46.7 Å². The number of nitrogens with zero attached hydrogens (tertiary/aromatic N) is 1.